The van der Waals surface area contributed by atoms with Crippen LogP contribution in [-0.2, 0) is 16.4 Å². The largest absolute Gasteiger partial charge is 0.355 e. The second kappa shape index (κ2) is 9.14. The van der Waals surface area contributed by atoms with Gasteiger partial charge in [-0.25, -0.2) is 8.42 Å². The van der Waals surface area contributed by atoms with Crippen LogP contribution in [-0.4, -0.2) is 41.9 Å². The van der Waals surface area contributed by atoms with E-state index in [-0.39, 0.29) is 29.1 Å². The fourth-order valence-corrected chi connectivity index (χ4v) is 5.88. The maximum Gasteiger partial charge on any atom is 0.276 e. The topological polar surface area (TPSA) is 80.5 Å². The molecule has 1 atom stereocenters. The lowest BCUT2D eigenvalue weighted by molar-refractivity contribution is 0.0670. The van der Waals surface area contributed by atoms with E-state index in [1.54, 1.807) is 11.0 Å². The number of rotatable bonds is 6. The summed E-state index contributed by atoms with van der Waals surface area (Å²) in [5.74, 6) is 0.687. The van der Waals surface area contributed by atoms with Crippen LogP contribution >= 0.6 is 0 Å². The van der Waals surface area contributed by atoms with Crippen LogP contribution in [0.15, 0.2) is 53.1 Å². The van der Waals surface area contributed by atoms with Crippen molar-refractivity contribution in [1.82, 2.24) is 10.1 Å². The second-order valence-corrected chi connectivity index (χ2v) is 11.5. The normalized spacial score (nSPS) is 17.4. The van der Waals surface area contributed by atoms with Crippen molar-refractivity contribution in [3.05, 3.63) is 76.5 Å². The second-order valence-electron chi connectivity index (χ2n) is 9.26. The molecule has 6 nitrogen and oxygen atoms in total. The van der Waals surface area contributed by atoms with Crippen molar-refractivity contribution in [2.75, 3.05) is 11.5 Å². The first-order chi connectivity index (χ1) is 15.6. The van der Waals surface area contributed by atoms with Crippen LogP contribution in [0.3, 0.4) is 0 Å². The quantitative estimate of drug-likeness (QED) is 0.516. The molecule has 33 heavy (non-hydrogen) atoms. The molecular weight excluding hydrogens is 436 g/mol. The van der Waals surface area contributed by atoms with Crippen LogP contribution in [0.5, 0.6) is 0 Å². The number of aryl methyl sites for hydroxylation is 2. The highest BCUT2D eigenvalue weighted by Gasteiger charge is 2.36. The van der Waals surface area contributed by atoms with Crippen molar-refractivity contribution in [2.45, 2.75) is 52.6 Å². The summed E-state index contributed by atoms with van der Waals surface area (Å²) in [6.45, 7) is 8.64. The number of nitrogens with zero attached hydrogens (tertiary/aromatic N) is 2. The number of benzene rings is 2. The van der Waals surface area contributed by atoms with Crippen LogP contribution in [0.2, 0.25) is 0 Å². The summed E-state index contributed by atoms with van der Waals surface area (Å²) in [5, 5.41) is 4.04. The van der Waals surface area contributed by atoms with E-state index in [9.17, 15) is 13.2 Å². The van der Waals surface area contributed by atoms with Crippen molar-refractivity contribution < 1.29 is 17.7 Å². The molecule has 1 aromatic heterocycles. The standard InChI is InChI=1S/C26H30N2O4S/c1-17(2)21-9-6-20(7-10-21)15-28(23-11-12-33(30,31)16-23)26(29)24-14-25(32-27-24)22-8-5-18(3)19(4)13-22/h5-10,13-14,17,23H,11-12,15-16H2,1-4H3/t23-/m0/s1. The zero-order chi connectivity index (χ0) is 23.8. The van der Waals surface area contributed by atoms with Gasteiger partial charge in [-0.15, -0.1) is 0 Å². The SMILES string of the molecule is Cc1ccc(-c2cc(C(=O)N(Cc3ccc(C(C)C)cc3)[C@H]3CCS(=O)(=O)C3)no2)cc1C. The summed E-state index contributed by atoms with van der Waals surface area (Å²) in [5.41, 5.74) is 5.51. The van der Waals surface area contributed by atoms with Gasteiger partial charge in [-0.05, 0) is 54.5 Å². The van der Waals surface area contributed by atoms with E-state index >= 15 is 0 Å². The Kier molecular flexibility index (Phi) is 6.43. The van der Waals surface area contributed by atoms with Crippen LogP contribution < -0.4 is 0 Å². The minimum absolute atomic E-state index is 0.0231. The van der Waals surface area contributed by atoms with E-state index in [0.29, 0.717) is 24.6 Å². The number of carbonyl (C=O) groups is 1. The summed E-state index contributed by atoms with van der Waals surface area (Å²) in [6, 6.07) is 15.3. The molecule has 174 valence electrons. The van der Waals surface area contributed by atoms with E-state index in [0.717, 1.165) is 16.7 Å². The average molecular weight is 467 g/mol. The Bertz CT molecular complexity index is 1260. The van der Waals surface area contributed by atoms with Gasteiger partial charge in [-0.3, -0.25) is 4.79 Å². The first-order valence-electron chi connectivity index (χ1n) is 11.3. The van der Waals surface area contributed by atoms with Crippen LogP contribution in [0.25, 0.3) is 11.3 Å². The van der Waals surface area contributed by atoms with Gasteiger partial charge < -0.3 is 9.42 Å². The fraction of sp³-hybridized carbons (Fsp3) is 0.385. The minimum atomic E-state index is -3.15. The maximum absolute atomic E-state index is 13.5. The Labute approximate surface area is 195 Å². The number of carbonyl (C=O) groups excluding carboxylic acids is 1. The number of hydrogen-bond donors (Lipinski definition) is 0. The van der Waals surface area contributed by atoms with E-state index in [4.69, 9.17) is 4.52 Å². The lowest BCUT2D eigenvalue weighted by Gasteiger charge is -2.27. The lowest BCUT2D eigenvalue weighted by atomic mass is 10.0. The number of amides is 1. The highest BCUT2D eigenvalue weighted by Crippen LogP contribution is 2.26. The highest BCUT2D eigenvalue weighted by molar-refractivity contribution is 7.91. The summed E-state index contributed by atoms with van der Waals surface area (Å²) in [7, 11) is -3.15. The summed E-state index contributed by atoms with van der Waals surface area (Å²) in [6.07, 6.45) is 0.431. The number of aromatic nitrogens is 1. The Morgan fingerprint density at radius 2 is 1.82 bits per heavy atom. The van der Waals surface area contributed by atoms with Crippen LogP contribution in [0.4, 0.5) is 0 Å². The van der Waals surface area contributed by atoms with Crippen molar-refractivity contribution in [3.8, 4) is 11.3 Å². The predicted octanol–water partition coefficient (Wildman–Crippen LogP) is 4.91. The molecular formula is C26H30N2O4S. The third-order valence-electron chi connectivity index (χ3n) is 6.43. The van der Waals surface area contributed by atoms with Crippen LogP contribution in [0, 0.1) is 13.8 Å². The van der Waals surface area contributed by atoms with Gasteiger partial charge in [0, 0.05) is 24.2 Å². The van der Waals surface area contributed by atoms with Gasteiger partial charge in [0.1, 0.15) is 0 Å². The molecule has 7 heteroatoms. The Balaban J connectivity index is 1.62. The molecule has 2 aromatic carbocycles. The molecule has 1 aliphatic heterocycles. The summed E-state index contributed by atoms with van der Waals surface area (Å²) in [4.78, 5) is 15.1. The van der Waals surface area contributed by atoms with Crippen molar-refractivity contribution >= 4 is 15.7 Å². The van der Waals surface area contributed by atoms with Gasteiger partial charge in [0.2, 0.25) is 0 Å². The molecule has 0 radical (unpaired) electrons. The zero-order valence-electron chi connectivity index (χ0n) is 19.5. The highest BCUT2D eigenvalue weighted by atomic mass is 32.2. The minimum Gasteiger partial charge on any atom is -0.355 e. The van der Waals surface area contributed by atoms with Gasteiger partial charge in [-0.1, -0.05) is 55.4 Å². The molecule has 1 saturated heterocycles. The monoisotopic (exact) mass is 466 g/mol. The molecule has 0 saturated carbocycles. The molecule has 0 N–H and O–H groups in total. The smallest absolute Gasteiger partial charge is 0.276 e. The lowest BCUT2D eigenvalue weighted by Crippen LogP contribution is -2.40. The molecule has 0 spiro atoms. The number of sulfone groups is 1. The average Bonchev–Trinajstić information content (AvgIpc) is 3.40. The van der Waals surface area contributed by atoms with E-state index in [1.807, 2.05) is 44.2 Å². The molecule has 1 fully saturated rings. The van der Waals surface area contributed by atoms with Gasteiger partial charge in [0.15, 0.2) is 21.3 Å². The molecule has 3 aromatic rings. The van der Waals surface area contributed by atoms with Crippen molar-refractivity contribution in [3.63, 3.8) is 0 Å². The third-order valence-corrected chi connectivity index (χ3v) is 8.18. The predicted molar refractivity (Wildman–Crippen MR) is 129 cm³/mol. The van der Waals surface area contributed by atoms with Gasteiger partial charge >= 0.3 is 0 Å². The summed E-state index contributed by atoms with van der Waals surface area (Å²) < 4.78 is 29.8. The van der Waals surface area contributed by atoms with E-state index < -0.39 is 9.84 Å². The van der Waals surface area contributed by atoms with E-state index in [2.05, 4.69) is 31.1 Å². The van der Waals surface area contributed by atoms with Gasteiger partial charge in [0.25, 0.3) is 5.91 Å². The first kappa shape index (κ1) is 23.2. The molecule has 2 heterocycles. The van der Waals surface area contributed by atoms with Crippen molar-refractivity contribution in [1.29, 1.82) is 0 Å². The molecule has 1 amide bonds. The number of hydrogen-bond acceptors (Lipinski definition) is 5. The molecule has 0 bridgehead atoms. The van der Waals surface area contributed by atoms with E-state index in [1.165, 1.54) is 11.1 Å². The molecule has 1 aliphatic rings. The third kappa shape index (κ3) is 5.19. The zero-order valence-corrected chi connectivity index (χ0v) is 20.4. The molecule has 4 rings (SSSR count). The van der Waals surface area contributed by atoms with Gasteiger partial charge in [0.05, 0.1) is 11.5 Å². The first-order valence-corrected chi connectivity index (χ1v) is 13.1. The van der Waals surface area contributed by atoms with Crippen LogP contribution in [0.1, 0.15) is 58.9 Å². The van der Waals surface area contributed by atoms with Gasteiger partial charge in [-0.2, -0.15) is 0 Å². The Hall–Kier alpha value is -2.93. The van der Waals surface area contributed by atoms with Crippen molar-refractivity contribution in [2.24, 2.45) is 0 Å². The Morgan fingerprint density at radius 3 is 2.42 bits per heavy atom. The molecule has 0 unspecified atom stereocenters. The molecule has 0 aliphatic carbocycles. The summed E-state index contributed by atoms with van der Waals surface area (Å²) >= 11 is 0. The maximum atomic E-state index is 13.5. The Morgan fingerprint density at radius 1 is 1.09 bits per heavy atom. The fourth-order valence-electron chi connectivity index (χ4n) is 4.15.